The summed E-state index contributed by atoms with van der Waals surface area (Å²) in [6, 6.07) is 24.4. The average Bonchev–Trinajstić information content (AvgIpc) is 3.24. The Labute approximate surface area is 150 Å². The van der Waals surface area contributed by atoms with E-state index >= 15 is 0 Å². The van der Waals surface area contributed by atoms with E-state index < -0.39 is 5.97 Å². The molecule has 0 saturated carbocycles. The van der Waals surface area contributed by atoms with Gasteiger partial charge < -0.3 is 9.15 Å². The quantitative estimate of drug-likeness (QED) is 0.377. The molecule has 4 aromatic rings. The highest BCUT2D eigenvalue weighted by Crippen LogP contribution is 2.30. The van der Waals surface area contributed by atoms with Gasteiger partial charge in [-0.1, -0.05) is 60.7 Å². The van der Waals surface area contributed by atoms with Gasteiger partial charge >= 0.3 is 5.97 Å². The Balaban J connectivity index is 1.57. The summed E-state index contributed by atoms with van der Waals surface area (Å²) in [5.41, 5.74) is 3.19. The topological polar surface area (TPSA) is 52.3 Å². The Morgan fingerprint density at radius 1 is 0.808 bits per heavy atom. The summed E-state index contributed by atoms with van der Waals surface area (Å²) >= 11 is 0. The van der Waals surface area contributed by atoms with Crippen molar-refractivity contribution in [2.75, 3.05) is 0 Å². The molecule has 4 rings (SSSR count). The summed E-state index contributed by atoms with van der Waals surface area (Å²) < 4.78 is 10.9. The van der Waals surface area contributed by atoms with Gasteiger partial charge in [-0.15, -0.1) is 0 Å². The summed E-state index contributed by atoms with van der Waals surface area (Å²) in [5, 5.41) is 0. The number of benzene rings is 3. The second-order valence-electron chi connectivity index (χ2n) is 5.69. The minimum absolute atomic E-state index is 0.405. The molecular weight excluding hydrogens is 326 g/mol. The molecule has 126 valence electrons. The molecule has 0 saturated heterocycles. The van der Waals surface area contributed by atoms with Gasteiger partial charge in [-0.25, -0.2) is 9.78 Å². The third kappa shape index (κ3) is 3.26. The van der Waals surface area contributed by atoms with Crippen LogP contribution >= 0.6 is 0 Å². The lowest BCUT2D eigenvalue weighted by Crippen LogP contribution is -2.09. The Kier molecular flexibility index (Phi) is 4.31. The van der Waals surface area contributed by atoms with Gasteiger partial charge in [0.1, 0.15) is 5.75 Å². The summed E-state index contributed by atoms with van der Waals surface area (Å²) in [4.78, 5) is 16.4. The molecular formula is C22H15NO3. The number of rotatable bonds is 4. The van der Waals surface area contributed by atoms with Crippen LogP contribution in [0.25, 0.3) is 22.5 Å². The highest BCUT2D eigenvalue weighted by molar-refractivity contribution is 5.92. The highest BCUT2D eigenvalue weighted by atomic mass is 16.5. The van der Waals surface area contributed by atoms with Crippen molar-refractivity contribution in [1.29, 1.82) is 0 Å². The molecule has 0 aliphatic rings. The van der Waals surface area contributed by atoms with E-state index in [2.05, 4.69) is 4.98 Å². The number of ether oxygens (including phenoxy) is 1. The molecule has 0 bridgehead atoms. The molecule has 1 heterocycles. The predicted molar refractivity (Wildman–Crippen MR) is 98.8 cm³/mol. The first-order valence-corrected chi connectivity index (χ1v) is 8.17. The van der Waals surface area contributed by atoms with Crippen LogP contribution < -0.4 is 4.74 Å². The van der Waals surface area contributed by atoms with E-state index in [0.717, 1.165) is 16.7 Å². The number of nitrogens with zero attached hydrogens (tertiary/aromatic N) is 1. The van der Waals surface area contributed by atoms with Crippen molar-refractivity contribution < 1.29 is 13.9 Å². The van der Waals surface area contributed by atoms with Crippen LogP contribution in [0.1, 0.15) is 10.4 Å². The standard InChI is InChI=1S/C22H15NO3/c24-22(18-12-10-17(11-13-18)21-14-23-15-25-21)26-20-9-5-4-8-19(20)16-6-2-1-3-7-16/h1-15H. The SMILES string of the molecule is O=C(Oc1ccccc1-c1ccccc1)c1ccc(-c2cnco2)cc1. The number of hydrogen-bond donors (Lipinski definition) is 0. The molecule has 26 heavy (non-hydrogen) atoms. The van der Waals surface area contributed by atoms with Crippen LogP contribution in [-0.2, 0) is 0 Å². The minimum Gasteiger partial charge on any atom is -0.444 e. The van der Waals surface area contributed by atoms with Gasteiger partial charge in [0.15, 0.2) is 12.2 Å². The number of hydrogen-bond acceptors (Lipinski definition) is 4. The van der Waals surface area contributed by atoms with Gasteiger partial charge in [0.25, 0.3) is 0 Å². The molecule has 1 aromatic heterocycles. The third-order valence-electron chi connectivity index (χ3n) is 4.01. The zero-order valence-electron chi connectivity index (χ0n) is 13.8. The second kappa shape index (κ2) is 7.07. The molecule has 4 heteroatoms. The number of esters is 1. The van der Waals surface area contributed by atoms with Gasteiger partial charge in [-0.05, 0) is 23.8 Å². The normalized spacial score (nSPS) is 10.5. The molecule has 0 spiro atoms. The Hall–Kier alpha value is -3.66. The maximum Gasteiger partial charge on any atom is 0.343 e. The molecule has 0 atom stereocenters. The van der Waals surface area contributed by atoms with Gasteiger partial charge in [-0.2, -0.15) is 0 Å². The van der Waals surface area contributed by atoms with Gasteiger partial charge in [-0.3, -0.25) is 0 Å². The molecule has 0 N–H and O–H groups in total. The van der Waals surface area contributed by atoms with Gasteiger partial charge in [0.2, 0.25) is 0 Å². The van der Waals surface area contributed by atoms with Crippen LogP contribution in [0.4, 0.5) is 0 Å². The Bertz CT molecular complexity index is 1010. The lowest BCUT2D eigenvalue weighted by atomic mass is 10.0. The fraction of sp³-hybridized carbons (Fsp3) is 0. The highest BCUT2D eigenvalue weighted by Gasteiger charge is 2.13. The maximum absolute atomic E-state index is 12.5. The van der Waals surface area contributed by atoms with Crippen molar-refractivity contribution in [1.82, 2.24) is 4.98 Å². The number of carbonyl (C=O) groups excluding carboxylic acids is 1. The first-order valence-electron chi connectivity index (χ1n) is 8.17. The zero-order valence-corrected chi connectivity index (χ0v) is 13.8. The molecule has 0 aliphatic heterocycles. The van der Waals surface area contributed by atoms with Crippen molar-refractivity contribution in [2.45, 2.75) is 0 Å². The second-order valence-corrected chi connectivity index (χ2v) is 5.69. The average molecular weight is 341 g/mol. The van der Waals surface area contributed by atoms with E-state index in [0.29, 0.717) is 17.1 Å². The molecule has 0 aliphatic carbocycles. The van der Waals surface area contributed by atoms with Gasteiger partial charge in [0, 0.05) is 11.1 Å². The predicted octanol–water partition coefficient (Wildman–Crippen LogP) is 5.23. The Morgan fingerprint density at radius 2 is 1.54 bits per heavy atom. The number of oxazole rings is 1. The molecule has 3 aromatic carbocycles. The summed E-state index contributed by atoms with van der Waals surface area (Å²) in [6.45, 7) is 0. The van der Waals surface area contributed by atoms with Crippen molar-refractivity contribution in [3.8, 4) is 28.2 Å². The van der Waals surface area contributed by atoms with Crippen LogP contribution in [0.2, 0.25) is 0 Å². The van der Waals surface area contributed by atoms with Crippen molar-refractivity contribution in [3.63, 3.8) is 0 Å². The van der Waals surface area contributed by atoms with E-state index in [1.54, 1.807) is 36.5 Å². The lowest BCUT2D eigenvalue weighted by Gasteiger charge is -2.10. The van der Waals surface area contributed by atoms with Crippen LogP contribution in [0.3, 0.4) is 0 Å². The minimum atomic E-state index is -0.405. The van der Waals surface area contributed by atoms with Crippen LogP contribution in [0.15, 0.2) is 95.9 Å². The van der Waals surface area contributed by atoms with Crippen LogP contribution in [0.5, 0.6) is 5.75 Å². The van der Waals surface area contributed by atoms with Gasteiger partial charge in [0.05, 0.1) is 11.8 Å². The molecule has 0 fully saturated rings. The van der Waals surface area contributed by atoms with E-state index in [4.69, 9.17) is 9.15 Å². The largest absolute Gasteiger partial charge is 0.444 e. The van der Waals surface area contributed by atoms with E-state index in [1.807, 2.05) is 48.5 Å². The zero-order chi connectivity index (χ0) is 17.8. The monoisotopic (exact) mass is 341 g/mol. The molecule has 0 unspecified atom stereocenters. The fourth-order valence-corrected chi connectivity index (χ4v) is 2.70. The first kappa shape index (κ1) is 15.8. The number of aromatic nitrogens is 1. The van der Waals surface area contributed by atoms with Crippen molar-refractivity contribution in [3.05, 3.63) is 97.0 Å². The van der Waals surface area contributed by atoms with Crippen molar-refractivity contribution in [2.24, 2.45) is 0 Å². The Morgan fingerprint density at radius 3 is 2.27 bits per heavy atom. The lowest BCUT2D eigenvalue weighted by molar-refractivity contribution is 0.0735. The maximum atomic E-state index is 12.5. The summed E-state index contributed by atoms with van der Waals surface area (Å²) in [5.74, 6) is 0.778. The molecule has 4 nitrogen and oxygen atoms in total. The van der Waals surface area contributed by atoms with E-state index in [-0.39, 0.29) is 0 Å². The number of para-hydroxylation sites is 1. The third-order valence-corrected chi connectivity index (χ3v) is 4.01. The molecule has 0 amide bonds. The summed E-state index contributed by atoms with van der Waals surface area (Å²) in [6.07, 6.45) is 3.00. The smallest absolute Gasteiger partial charge is 0.343 e. The van der Waals surface area contributed by atoms with Crippen molar-refractivity contribution >= 4 is 5.97 Å². The van der Waals surface area contributed by atoms with Crippen LogP contribution in [0, 0.1) is 0 Å². The van der Waals surface area contributed by atoms with Crippen LogP contribution in [-0.4, -0.2) is 11.0 Å². The van der Waals surface area contributed by atoms with E-state index in [1.165, 1.54) is 6.39 Å². The summed E-state index contributed by atoms with van der Waals surface area (Å²) in [7, 11) is 0. The molecule has 0 radical (unpaired) electrons. The van der Waals surface area contributed by atoms with E-state index in [9.17, 15) is 4.79 Å². The fourth-order valence-electron chi connectivity index (χ4n) is 2.70. The first-order chi connectivity index (χ1) is 12.8. The number of carbonyl (C=O) groups is 1.